The lowest BCUT2D eigenvalue weighted by Gasteiger charge is -2.07. The Labute approximate surface area is 119 Å². The lowest BCUT2D eigenvalue weighted by Crippen LogP contribution is -2.23. The molecule has 3 aromatic rings. The molecular weight excluding hydrogens is 269 g/mol. The van der Waals surface area contributed by atoms with Gasteiger partial charge in [-0.2, -0.15) is 10.4 Å². The predicted molar refractivity (Wildman–Crippen MR) is 76.2 cm³/mol. The average molecular weight is 279 g/mol. The topological polar surface area (TPSA) is 58.7 Å². The number of benzene rings is 2. The molecule has 0 aliphatic carbocycles. The molecule has 1 heterocycles. The van der Waals surface area contributed by atoms with Crippen LogP contribution in [-0.2, 0) is 6.54 Å². The van der Waals surface area contributed by atoms with Crippen molar-refractivity contribution < 1.29 is 4.39 Å². The maximum absolute atomic E-state index is 13.9. The molecular formula is C16H10FN3O. The molecule has 0 fully saturated rings. The van der Waals surface area contributed by atoms with Crippen LogP contribution in [0.5, 0.6) is 0 Å². The smallest absolute Gasteiger partial charge is 0.267 e. The molecule has 0 aliphatic rings. The number of nitriles is 1. The van der Waals surface area contributed by atoms with Crippen molar-refractivity contribution in [3.05, 3.63) is 76.0 Å². The number of aromatic nitrogens is 2. The van der Waals surface area contributed by atoms with Crippen LogP contribution >= 0.6 is 0 Å². The van der Waals surface area contributed by atoms with Crippen LogP contribution in [-0.4, -0.2) is 9.78 Å². The number of hydrogen-bond donors (Lipinski definition) is 0. The van der Waals surface area contributed by atoms with Crippen molar-refractivity contribution in [3.63, 3.8) is 0 Å². The highest BCUT2D eigenvalue weighted by Crippen LogP contribution is 2.12. The molecule has 3 rings (SSSR count). The molecule has 4 nitrogen and oxygen atoms in total. The minimum Gasteiger partial charge on any atom is -0.267 e. The van der Waals surface area contributed by atoms with E-state index in [9.17, 15) is 9.18 Å². The normalized spacial score (nSPS) is 10.5. The quantitative estimate of drug-likeness (QED) is 0.724. The monoisotopic (exact) mass is 279 g/mol. The Morgan fingerprint density at radius 2 is 2.05 bits per heavy atom. The van der Waals surface area contributed by atoms with Crippen LogP contribution in [0, 0.1) is 17.1 Å². The fourth-order valence-corrected chi connectivity index (χ4v) is 2.15. The third kappa shape index (κ3) is 2.39. The Bertz CT molecular complexity index is 925. The number of fused-ring (bicyclic) bond motifs is 1. The molecule has 0 aliphatic heterocycles. The van der Waals surface area contributed by atoms with Crippen molar-refractivity contribution in [2.75, 3.05) is 0 Å². The maximum Gasteiger partial charge on any atom is 0.274 e. The van der Waals surface area contributed by atoms with Crippen LogP contribution in [0.15, 0.2) is 53.5 Å². The van der Waals surface area contributed by atoms with E-state index in [4.69, 9.17) is 5.26 Å². The lowest BCUT2D eigenvalue weighted by molar-refractivity contribution is 0.574. The Hall–Kier alpha value is -3.00. The predicted octanol–water partition coefficient (Wildman–Crippen LogP) is 2.46. The molecule has 0 saturated heterocycles. The molecule has 0 unspecified atom stereocenters. The number of hydrogen-bond acceptors (Lipinski definition) is 3. The second-order valence-corrected chi connectivity index (χ2v) is 4.61. The third-order valence-electron chi connectivity index (χ3n) is 3.26. The van der Waals surface area contributed by atoms with Gasteiger partial charge in [-0.1, -0.05) is 24.3 Å². The van der Waals surface area contributed by atoms with Gasteiger partial charge in [-0.15, -0.1) is 0 Å². The van der Waals surface area contributed by atoms with E-state index in [0.717, 1.165) is 11.5 Å². The van der Waals surface area contributed by atoms with Crippen LogP contribution < -0.4 is 5.56 Å². The number of nitrogens with zero attached hydrogens (tertiary/aromatic N) is 3. The first-order valence-electron chi connectivity index (χ1n) is 6.32. The Morgan fingerprint density at radius 1 is 1.24 bits per heavy atom. The summed E-state index contributed by atoms with van der Waals surface area (Å²) in [4.78, 5) is 12.3. The first-order valence-corrected chi connectivity index (χ1v) is 6.32. The van der Waals surface area contributed by atoms with Gasteiger partial charge in [-0.3, -0.25) is 4.79 Å². The van der Waals surface area contributed by atoms with Crippen LogP contribution in [0.4, 0.5) is 4.39 Å². The summed E-state index contributed by atoms with van der Waals surface area (Å²) in [6, 6.07) is 13.2. The summed E-state index contributed by atoms with van der Waals surface area (Å²) in [5.41, 5.74) is 0.297. The highest BCUT2D eigenvalue weighted by atomic mass is 19.1. The van der Waals surface area contributed by atoms with E-state index in [1.807, 2.05) is 12.1 Å². The first-order chi connectivity index (χ1) is 10.2. The third-order valence-corrected chi connectivity index (χ3v) is 3.26. The zero-order valence-corrected chi connectivity index (χ0v) is 11.0. The Kier molecular flexibility index (Phi) is 3.20. The van der Waals surface area contributed by atoms with Gasteiger partial charge >= 0.3 is 0 Å². The summed E-state index contributed by atoms with van der Waals surface area (Å²) in [5, 5.41) is 14.1. The van der Waals surface area contributed by atoms with Gasteiger partial charge in [0, 0.05) is 10.9 Å². The molecule has 0 amide bonds. The van der Waals surface area contributed by atoms with Gasteiger partial charge in [0.2, 0.25) is 0 Å². The molecule has 102 valence electrons. The van der Waals surface area contributed by atoms with Crippen molar-refractivity contribution >= 4 is 10.8 Å². The zero-order chi connectivity index (χ0) is 14.8. The Balaban J connectivity index is 2.05. The van der Waals surface area contributed by atoms with Gasteiger partial charge in [-0.05, 0) is 18.2 Å². The van der Waals surface area contributed by atoms with Crippen molar-refractivity contribution in [3.8, 4) is 6.07 Å². The highest BCUT2D eigenvalue weighted by molar-refractivity contribution is 5.80. The molecule has 1 aromatic heterocycles. The largest absolute Gasteiger partial charge is 0.274 e. The summed E-state index contributed by atoms with van der Waals surface area (Å²) in [7, 11) is 0. The molecule has 0 N–H and O–H groups in total. The average Bonchev–Trinajstić information content (AvgIpc) is 2.52. The summed E-state index contributed by atoms with van der Waals surface area (Å²) < 4.78 is 15.1. The number of rotatable bonds is 2. The van der Waals surface area contributed by atoms with Gasteiger partial charge in [0.1, 0.15) is 5.82 Å². The van der Waals surface area contributed by atoms with E-state index < -0.39 is 5.82 Å². The minimum atomic E-state index is -0.518. The molecule has 0 saturated carbocycles. The highest BCUT2D eigenvalue weighted by Gasteiger charge is 2.08. The van der Waals surface area contributed by atoms with E-state index in [-0.39, 0.29) is 17.7 Å². The first kappa shape index (κ1) is 13.0. The number of halogens is 1. The van der Waals surface area contributed by atoms with Crippen molar-refractivity contribution in [1.82, 2.24) is 9.78 Å². The van der Waals surface area contributed by atoms with Crippen LogP contribution in [0.25, 0.3) is 10.8 Å². The Morgan fingerprint density at radius 3 is 2.81 bits per heavy atom. The maximum atomic E-state index is 13.9. The molecule has 21 heavy (non-hydrogen) atoms. The van der Waals surface area contributed by atoms with Crippen molar-refractivity contribution in [2.45, 2.75) is 6.54 Å². The van der Waals surface area contributed by atoms with Crippen LogP contribution in [0.1, 0.15) is 11.1 Å². The molecule has 2 aromatic carbocycles. The van der Waals surface area contributed by atoms with Crippen molar-refractivity contribution in [1.29, 1.82) is 5.26 Å². The van der Waals surface area contributed by atoms with E-state index in [1.165, 1.54) is 16.8 Å². The van der Waals surface area contributed by atoms with E-state index >= 15 is 0 Å². The SMILES string of the molecule is N#Cc1ccc(Cn2ncc3ccccc3c2=O)c(F)c1. The summed E-state index contributed by atoms with van der Waals surface area (Å²) >= 11 is 0. The van der Waals surface area contributed by atoms with Crippen molar-refractivity contribution in [2.24, 2.45) is 0 Å². The van der Waals surface area contributed by atoms with Crippen LogP contribution in [0.3, 0.4) is 0 Å². The van der Waals surface area contributed by atoms with Gasteiger partial charge in [0.15, 0.2) is 0 Å². The summed E-state index contributed by atoms with van der Waals surface area (Å²) in [6.45, 7) is 0.0290. The second kappa shape index (κ2) is 5.17. The molecule has 0 radical (unpaired) electrons. The minimum absolute atomic E-state index is 0.0290. The van der Waals surface area contributed by atoms with E-state index in [1.54, 1.807) is 24.4 Å². The fraction of sp³-hybridized carbons (Fsp3) is 0.0625. The van der Waals surface area contributed by atoms with Gasteiger partial charge < -0.3 is 0 Å². The molecule has 0 spiro atoms. The fourth-order valence-electron chi connectivity index (χ4n) is 2.15. The van der Waals surface area contributed by atoms with Gasteiger partial charge in [0.25, 0.3) is 5.56 Å². The van der Waals surface area contributed by atoms with Gasteiger partial charge in [0.05, 0.1) is 29.8 Å². The van der Waals surface area contributed by atoms with Crippen LogP contribution in [0.2, 0.25) is 0 Å². The van der Waals surface area contributed by atoms with Gasteiger partial charge in [-0.25, -0.2) is 9.07 Å². The summed E-state index contributed by atoms with van der Waals surface area (Å²) in [5.74, 6) is -0.518. The molecule has 0 atom stereocenters. The lowest BCUT2D eigenvalue weighted by atomic mass is 10.1. The zero-order valence-electron chi connectivity index (χ0n) is 11.0. The summed E-state index contributed by atoms with van der Waals surface area (Å²) in [6.07, 6.45) is 1.58. The standard InChI is InChI=1S/C16H10FN3O/c17-15-7-11(8-18)5-6-13(15)10-20-16(21)14-4-2-1-3-12(14)9-19-20/h1-7,9H,10H2. The van der Waals surface area contributed by atoms with E-state index in [0.29, 0.717) is 10.9 Å². The second-order valence-electron chi connectivity index (χ2n) is 4.61. The molecule has 0 bridgehead atoms. The molecule has 5 heteroatoms. The van der Waals surface area contributed by atoms with E-state index in [2.05, 4.69) is 5.10 Å².